The van der Waals surface area contributed by atoms with E-state index in [1.807, 2.05) is 6.92 Å². The van der Waals surface area contributed by atoms with Crippen LogP contribution in [0.4, 0.5) is 4.79 Å². The molecule has 0 aromatic heterocycles. The molecule has 0 saturated heterocycles. The van der Waals surface area contributed by atoms with Crippen molar-refractivity contribution in [3.8, 4) is 0 Å². The van der Waals surface area contributed by atoms with Gasteiger partial charge in [-0.15, -0.1) is 0 Å². The smallest absolute Gasteiger partial charge is 0.410 e. The zero-order valence-electron chi connectivity index (χ0n) is 14.2. The molecule has 0 aliphatic rings. The normalized spacial score (nSPS) is 12.8. The van der Waals surface area contributed by atoms with Crippen molar-refractivity contribution in [2.75, 3.05) is 13.3 Å². The minimum atomic E-state index is -0.988. The highest BCUT2D eigenvalue weighted by Gasteiger charge is 2.18. The van der Waals surface area contributed by atoms with Gasteiger partial charge in [0.15, 0.2) is 0 Å². The number of carbonyl (C=O) groups is 3. The van der Waals surface area contributed by atoms with Gasteiger partial charge in [-0.05, 0) is 24.1 Å². The number of benzene rings is 1. The summed E-state index contributed by atoms with van der Waals surface area (Å²) in [6.07, 6.45) is -0.324. The molecule has 8 heteroatoms. The lowest BCUT2D eigenvalue weighted by molar-refractivity contribution is -0.156. The Kier molecular flexibility index (Phi) is 8.77. The summed E-state index contributed by atoms with van der Waals surface area (Å²) in [6.45, 7) is 3.13. The summed E-state index contributed by atoms with van der Waals surface area (Å²) in [5.41, 5.74) is 0.732. The molecule has 0 aliphatic heterocycles. The van der Waals surface area contributed by atoms with E-state index < -0.39 is 30.7 Å². The fourth-order valence-corrected chi connectivity index (χ4v) is 2.09. The van der Waals surface area contributed by atoms with Gasteiger partial charge in [-0.3, -0.25) is 9.59 Å². The van der Waals surface area contributed by atoms with Gasteiger partial charge in [-0.1, -0.05) is 37.6 Å². The second-order valence-corrected chi connectivity index (χ2v) is 5.99. The van der Waals surface area contributed by atoms with Crippen molar-refractivity contribution in [2.45, 2.75) is 32.6 Å². The number of aliphatic carboxylic acids is 1. The van der Waals surface area contributed by atoms with Crippen molar-refractivity contribution < 1.29 is 29.0 Å². The molecule has 1 amide bonds. The van der Waals surface area contributed by atoms with Crippen molar-refractivity contribution in [3.63, 3.8) is 0 Å². The molecule has 2 N–H and O–H groups in total. The van der Waals surface area contributed by atoms with Gasteiger partial charge in [0.1, 0.15) is 0 Å². The molecule has 0 saturated carbocycles. The van der Waals surface area contributed by atoms with Crippen LogP contribution in [0.5, 0.6) is 0 Å². The number of halogens is 1. The Morgan fingerprint density at radius 2 is 1.84 bits per heavy atom. The molecule has 138 valence electrons. The third-order valence-electron chi connectivity index (χ3n) is 3.66. The van der Waals surface area contributed by atoms with Crippen LogP contribution in [-0.2, 0) is 19.1 Å². The van der Waals surface area contributed by atoms with Crippen LogP contribution in [0.3, 0.4) is 0 Å². The maximum absolute atomic E-state index is 11.6. The number of nitrogens with one attached hydrogen (secondary N) is 1. The summed E-state index contributed by atoms with van der Waals surface area (Å²) < 4.78 is 9.56. The number of alkyl carbamates (subject to hydrolysis) is 1. The Morgan fingerprint density at radius 3 is 2.40 bits per heavy atom. The Bertz CT molecular complexity index is 589. The molecule has 1 aromatic carbocycles. The summed E-state index contributed by atoms with van der Waals surface area (Å²) in [6, 6.07) is 6.71. The first kappa shape index (κ1) is 20.8. The van der Waals surface area contributed by atoms with E-state index in [1.165, 1.54) is 0 Å². The lowest BCUT2D eigenvalue weighted by Gasteiger charge is -2.16. The highest BCUT2D eigenvalue weighted by Crippen LogP contribution is 2.21. The first-order valence-electron chi connectivity index (χ1n) is 7.88. The first-order valence-corrected chi connectivity index (χ1v) is 8.25. The number of hydrogen-bond donors (Lipinski definition) is 2. The van der Waals surface area contributed by atoms with E-state index in [-0.39, 0.29) is 18.9 Å². The SMILES string of the molecule is CCC(C)C(=O)OCOC(=O)NC[C@H](CC(=O)O)c1ccc(Cl)cc1. The van der Waals surface area contributed by atoms with E-state index in [1.54, 1.807) is 31.2 Å². The summed E-state index contributed by atoms with van der Waals surface area (Å²) in [4.78, 5) is 34.1. The molecule has 1 rings (SSSR count). The lowest BCUT2D eigenvalue weighted by Crippen LogP contribution is -2.31. The van der Waals surface area contributed by atoms with Crippen LogP contribution >= 0.6 is 11.6 Å². The Labute approximate surface area is 151 Å². The van der Waals surface area contributed by atoms with Crippen molar-refractivity contribution in [2.24, 2.45) is 5.92 Å². The molecular weight excluding hydrogens is 350 g/mol. The number of esters is 1. The molecular formula is C17H22ClNO6. The fourth-order valence-electron chi connectivity index (χ4n) is 1.96. The molecule has 0 heterocycles. The fraction of sp³-hybridized carbons (Fsp3) is 0.471. The topological polar surface area (TPSA) is 102 Å². The average molecular weight is 372 g/mol. The maximum atomic E-state index is 11.6. The van der Waals surface area contributed by atoms with Gasteiger partial charge in [0.05, 0.1) is 12.3 Å². The zero-order chi connectivity index (χ0) is 18.8. The third kappa shape index (κ3) is 7.89. The van der Waals surface area contributed by atoms with Gasteiger partial charge in [-0.2, -0.15) is 0 Å². The lowest BCUT2D eigenvalue weighted by atomic mass is 9.96. The highest BCUT2D eigenvalue weighted by molar-refractivity contribution is 6.30. The van der Waals surface area contributed by atoms with Crippen LogP contribution in [0.25, 0.3) is 0 Å². The molecule has 7 nitrogen and oxygen atoms in total. The largest absolute Gasteiger partial charge is 0.481 e. The van der Waals surface area contributed by atoms with Crippen LogP contribution in [0, 0.1) is 5.92 Å². The third-order valence-corrected chi connectivity index (χ3v) is 3.91. The van der Waals surface area contributed by atoms with Gasteiger partial charge in [0, 0.05) is 17.5 Å². The van der Waals surface area contributed by atoms with E-state index in [0.717, 1.165) is 5.56 Å². The standard InChI is InChI=1S/C17H22ClNO6/c1-3-11(2)16(22)24-10-25-17(23)19-9-13(8-15(20)21)12-4-6-14(18)7-5-12/h4-7,11,13H,3,8-10H2,1-2H3,(H,19,23)(H,20,21)/t11?,13-/m0/s1. The molecule has 0 fully saturated rings. The second-order valence-electron chi connectivity index (χ2n) is 5.55. The number of carboxylic acid groups (broad SMARTS) is 1. The molecule has 1 aromatic rings. The first-order chi connectivity index (χ1) is 11.8. The summed E-state index contributed by atoms with van der Waals surface area (Å²) in [5.74, 6) is -2.14. The molecule has 0 bridgehead atoms. The van der Waals surface area contributed by atoms with E-state index in [0.29, 0.717) is 11.4 Å². The summed E-state index contributed by atoms with van der Waals surface area (Å²) >= 11 is 5.82. The zero-order valence-corrected chi connectivity index (χ0v) is 14.9. The molecule has 0 aliphatic carbocycles. The Balaban J connectivity index is 2.47. The second kappa shape index (κ2) is 10.6. The maximum Gasteiger partial charge on any atom is 0.410 e. The monoisotopic (exact) mass is 371 g/mol. The highest BCUT2D eigenvalue weighted by atomic mass is 35.5. The molecule has 0 spiro atoms. The summed E-state index contributed by atoms with van der Waals surface area (Å²) in [7, 11) is 0. The predicted octanol–water partition coefficient (Wildman–Crippen LogP) is 3.17. The molecule has 25 heavy (non-hydrogen) atoms. The van der Waals surface area contributed by atoms with Gasteiger partial charge in [0.25, 0.3) is 0 Å². The van der Waals surface area contributed by atoms with Gasteiger partial charge < -0.3 is 19.9 Å². The van der Waals surface area contributed by atoms with E-state index in [4.69, 9.17) is 26.2 Å². The van der Waals surface area contributed by atoms with Crippen LogP contribution < -0.4 is 5.32 Å². The molecule has 1 unspecified atom stereocenters. The number of hydrogen-bond acceptors (Lipinski definition) is 5. The van der Waals surface area contributed by atoms with Crippen LogP contribution in [0.15, 0.2) is 24.3 Å². The van der Waals surface area contributed by atoms with E-state index in [2.05, 4.69) is 5.32 Å². The minimum absolute atomic E-state index is 0.0616. The van der Waals surface area contributed by atoms with Gasteiger partial charge in [0.2, 0.25) is 6.79 Å². The Morgan fingerprint density at radius 1 is 1.20 bits per heavy atom. The van der Waals surface area contributed by atoms with Crippen LogP contribution in [-0.4, -0.2) is 36.5 Å². The van der Waals surface area contributed by atoms with Crippen LogP contribution in [0.1, 0.15) is 38.2 Å². The summed E-state index contributed by atoms with van der Waals surface area (Å²) in [5, 5.41) is 12.0. The average Bonchev–Trinajstić information content (AvgIpc) is 2.58. The number of rotatable bonds is 9. The number of amides is 1. The predicted molar refractivity (Wildman–Crippen MR) is 91.3 cm³/mol. The van der Waals surface area contributed by atoms with Crippen LogP contribution in [0.2, 0.25) is 5.02 Å². The van der Waals surface area contributed by atoms with Crippen molar-refractivity contribution in [1.82, 2.24) is 5.32 Å². The number of carbonyl (C=O) groups excluding carboxylic acids is 2. The minimum Gasteiger partial charge on any atom is -0.481 e. The van der Waals surface area contributed by atoms with Crippen molar-refractivity contribution in [1.29, 1.82) is 0 Å². The van der Waals surface area contributed by atoms with E-state index >= 15 is 0 Å². The number of carboxylic acids is 1. The quantitative estimate of drug-likeness (QED) is 0.510. The van der Waals surface area contributed by atoms with Gasteiger partial charge in [-0.25, -0.2) is 4.79 Å². The van der Waals surface area contributed by atoms with Gasteiger partial charge >= 0.3 is 18.0 Å². The van der Waals surface area contributed by atoms with Crippen molar-refractivity contribution in [3.05, 3.63) is 34.9 Å². The Hall–Kier alpha value is -2.28. The van der Waals surface area contributed by atoms with E-state index in [9.17, 15) is 14.4 Å². The number of ether oxygens (including phenoxy) is 2. The molecule has 0 radical (unpaired) electrons. The molecule has 2 atom stereocenters. The van der Waals surface area contributed by atoms with Crippen molar-refractivity contribution >= 4 is 29.6 Å².